The van der Waals surface area contributed by atoms with E-state index in [4.69, 9.17) is 33.7 Å². The van der Waals surface area contributed by atoms with Crippen molar-refractivity contribution in [2.24, 2.45) is 5.73 Å². The van der Waals surface area contributed by atoms with E-state index >= 15 is 0 Å². The van der Waals surface area contributed by atoms with Gasteiger partial charge in [-0.05, 0) is 42.3 Å². The lowest BCUT2D eigenvalue weighted by Crippen LogP contribution is -2.53. The topological polar surface area (TPSA) is 59.3 Å². The van der Waals surface area contributed by atoms with Gasteiger partial charge in [-0.1, -0.05) is 41.4 Å². The Bertz CT molecular complexity index is 725. The summed E-state index contributed by atoms with van der Waals surface area (Å²) in [6.45, 7) is 4.07. The molecular formula is C18H21Cl2N3O. The van der Waals surface area contributed by atoms with E-state index in [-0.39, 0.29) is 6.23 Å². The predicted molar refractivity (Wildman–Crippen MR) is 99.5 cm³/mol. The minimum absolute atomic E-state index is 0.298. The van der Waals surface area contributed by atoms with Crippen LogP contribution >= 0.6 is 23.2 Å². The first-order chi connectivity index (χ1) is 11.5. The van der Waals surface area contributed by atoms with Crippen LogP contribution in [0.15, 0.2) is 42.5 Å². The minimum Gasteiger partial charge on any atom is -0.381 e. The molecule has 1 saturated heterocycles. The van der Waals surface area contributed by atoms with Crippen molar-refractivity contribution < 1.29 is 4.74 Å². The standard InChI is InChI=1S/C18H21Cl2N3O/c1-18(11-22-10-17(21)24-18)13-3-2-4-15(7-13)23-9-12-5-6-14(19)8-16(12)20/h2-8,17,22-23H,9-11,21H2,1H3. The largest absolute Gasteiger partial charge is 0.381 e. The fraction of sp³-hybridized carbons (Fsp3) is 0.333. The molecule has 4 nitrogen and oxygen atoms in total. The van der Waals surface area contributed by atoms with Gasteiger partial charge < -0.3 is 21.1 Å². The Labute approximate surface area is 152 Å². The van der Waals surface area contributed by atoms with Crippen LogP contribution in [0, 0.1) is 0 Å². The molecule has 0 aliphatic carbocycles. The molecule has 0 saturated carbocycles. The Hall–Kier alpha value is -1.30. The van der Waals surface area contributed by atoms with E-state index in [9.17, 15) is 0 Å². The summed E-state index contributed by atoms with van der Waals surface area (Å²) in [5, 5.41) is 8.00. The molecule has 2 aromatic carbocycles. The van der Waals surface area contributed by atoms with Gasteiger partial charge >= 0.3 is 0 Å². The second-order valence-electron chi connectivity index (χ2n) is 6.19. The Morgan fingerprint density at radius 3 is 2.88 bits per heavy atom. The lowest BCUT2D eigenvalue weighted by atomic mass is 9.94. The molecule has 2 atom stereocenters. The van der Waals surface area contributed by atoms with Gasteiger partial charge in [0, 0.05) is 35.4 Å². The summed E-state index contributed by atoms with van der Waals surface area (Å²) in [4.78, 5) is 0. The lowest BCUT2D eigenvalue weighted by Gasteiger charge is -2.38. The molecule has 1 aliphatic heterocycles. The van der Waals surface area contributed by atoms with Crippen molar-refractivity contribution in [3.8, 4) is 0 Å². The molecule has 2 aromatic rings. The number of ether oxygens (including phenoxy) is 1. The van der Waals surface area contributed by atoms with Gasteiger partial charge in [-0.3, -0.25) is 0 Å². The fourth-order valence-electron chi connectivity index (χ4n) is 2.86. The molecule has 0 spiro atoms. The normalized spacial score (nSPS) is 23.9. The maximum atomic E-state index is 6.22. The van der Waals surface area contributed by atoms with E-state index in [1.807, 2.05) is 31.2 Å². The summed E-state index contributed by atoms with van der Waals surface area (Å²) in [5.74, 6) is 0. The van der Waals surface area contributed by atoms with Crippen LogP contribution in [-0.2, 0) is 16.9 Å². The van der Waals surface area contributed by atoms with E-state index in [2.05, 4.69) is 22.8 Å². The number of nitrogens with two attached hydrogens (primary N) is 1. The number of rotatable bonds is 4. The van der Waals surface area contributed by atoms with Crippen LogP contribution in [0.25, 0.3) is 0 Å². The SMILES string of the molecule is CC1(c2cccc(NCc3ccc(Cl)cc3Cl)c2)CNCC(N)O1. The first kappa shape index (κ1) is 17.5. The highest BCUT2D eigenvalue weighted by Gasteiger charge is 2.33. The number of hydrogen-bond acceptors (Lipinski definition) is 4. The van der Waals surface area contributed by atoms with Gasteiger partial charge in [-0.25, -0.2) is 0 Å². The van der Waals surface area contributed by atoms with Crippen LogP contribution in [0.3, 0.4) is 0 Å². The molecule has 2 unspecified atom stereocenters. The van der Waals surface area contributed by atoms with Gasteiger partial charge in [-0.15, -0.1) is 0 Å². The molecule has 0 bridgehead atoms. The Balaban J connectivity index is 1.73. The summed E-state index contributed by atoms with van der Waals surface area (Å²) in [7, 11) is 0. The number of anilines is 1. The first-order valence-corrected chi connectivity index (χ1v) is 8.64. The minimum atomic E-state index is -0.437. The molecule has 24 heavy (non-hydrogen) atoms. The zero-order chi connectivity index (χ0) is 17.2. The summed E-state index contributed by atoms with van der Waals surface area (Å²) in [6, 6.07) is 13.7. The maximum Gasteiger partial charge on any atom is 0.119 e. The molecule has 0 radical (unpaired) electrons. The zero-order valence-corrected chi connectivity index (χ0v) is 15.0. The molecule has 1 heterocycles. The van der Waals surface area contributed by atoms with E-state index in [1.165, 1.54) is 0 Å². The van der Waals surface area contributed by atoms with Crippen molar-refractivity contribution in [1.82, 2.24) is 5.32 Å². The van der Waals surface area contributed by atoms with Gasteiger partial charge in [-0.2, -0.15) is 0 Å². The van der Waals surface area contributed by atoms with Crippen molar-refractivity contribution in [1.29, 1.82) is 0 Å². The number of nitrogens with one attached hydrogen (secondary N) is 2. The van der Waals surface area contributed by atoms with Crippen molar-refractivity contribution in [3.05, 3.63) is 63.6 Å². The van der Waals surface area contributed by atoms with E-state index in [1.54, 1.807) is 6.07 Å². The van der Waals surface area contributed by atoms with Crippen LogP contribution in [0.5, 0.6) is 0 Å². The third-order valence-electron chi connectivity index (χ3n) is 4.19. The molecule has 3 rings (SSSR count). The molecular weight excluding hydrogens is 345 g/mol. The molecule has 4 N–H and O–H groups in total. The summed E-state index contributed by atoms with van der Waals surface area (Å²) in [6.07, 6.45) is -0.298. The fourth-order valence-corrected chi connectivity index (χ4v) is 3.34. The Morgan fingerprint density at radius 1 is 1.29 bits per heavy atom. The summed E-state index contributed by atoms with van der Waals surface area (Å²) >= 11 is 12.2. The summed E-state index contributed by atoms with van der Waals surface area (Å²) < 4.78 is 5.96. The zero-order valence-electron chi connectivity index (χ0n) is 13.5. The van der Waals surface area contributed by atoms with Gasteiger partial charge in [0.25, 0.3) is 0 Å². The third kappa shape index (κ3) is 4.02. The highest BCUT2D eigenvalue weighted by Crippen LogP contribution is 2.30. The second kappa shape index (κ2) is 7.30. The predicted octanol–water partition coefficient (Wildman–Crippen LogP) is 3.73. The van der Waals surface area contributed by atoms with Gasteiger partial charge in [0.15, 0.2) is 0 Å². The van der Waals surface area contributed by atoms with Gasteiger partial charge in [0.05, 0.1) is 0 Å². The molecule has 1 fully saturated rings. The van der Waals surface area contributed by atoms with E-state index in [0.29, 0.717) is 23.1 Å². The molecule has 1 aliphatic rings. The maximum absolute atomic E-state index is 6.22. The van der Waals surface area contributed by atoms with Crippen LogP contribution in [0.2, 0.25) is 10.0 Å². The smallest absolute Gasteiger partial charge is 0.119 e. The molecule has 128 valence electrons. The number of benzene rings is 2. The highest BCUT2D eigenvalue weighted by atomic mass is 35.5. The monoisotopic (exact) mass is 365 g/mol. The van der Waals surface area contributed by atoms with Gasteiger partial charge in [0.2, 0.25) is 0 Å². The van der Waals surface area contributed by atoms with Crippen molar-refractivity contribution in [2.45, 2.75) is 25.3 Å². The van der Waals surface area contributed by atoms with Crippen LogP contribution in [0.4, 0.5) is 5.69 Å². The quantitative estimate of drug-likeness (QED) is 0.772. The first-order valence-electron chi connectivity index (χ1n) is 7.89. The average Bonchev–Trinajstić information content (AvgIpc) is 2.54. The molecule has 0 aromatic heterocycles. The summed E-state index contributed by atoms with van der Waals surface area (Å²) in [5.41, 5.74) is 8.57. The Kier molecular flexibility index (Phi) is 5.33. The van der Waals surface area contributed by atoms with E-state index < -0.39 is 5.60 Å². The number of halogens is 2. The van der Waals surface area contributed by atoms with Crippen LogP contribution in [-0.4, -0.2) is 19.3 Å². The average molecular weight is 366 g/mol. The third-order valence-corrected chi connectivity index (χ3v) is 4.78. The van der Waals surface area contributed by atoms with Crippen molar-refractivity contribution in [3.63, 3.8) is 0 Å². The molecule has 0 amide bonds. The Morgan fingerprint density at radius 2 is 2.12 bits per heavy atom. The van der Waals surface area contributed by atoms with Crippen molar-refractivity contribution >= 4 is 28.9 Å². The van der Waals surface area contributed by atoms with Crippen LogP contribution < -0.4 is 16.4 Å². The number of hydrogen-bond donors (Lipinski definition) is 3. The van der Waals surface area contributed by atoms with Crippen LogP contribution in [0.1, 0.15) is 18.1 Å². The van der Waals surface area contributed by atoms with Crippen molar-refractivity contribution in [2.75, 3.05) is 18.4 Å². The highest BCUT2D eigenvalue weighted by molar-refractivity contribution is 6.35. The lowest BCUT2D eigenvalue weighted by molar-refractivity contribution is -0.107. The second-order valence-corrected chi connectivity index (χ2v) is 7.03. The molecule has 6 heteroatoms. The van der Waals surface area contributed by atoms with E-state index in [0.717, 1.165) is 23.4 Å². The number of morpholine rings is 1. The van der Waals surface area contributed by atoms with Gasteiger partial charge in [0.1, 0.15) is 11.8 Å².